The van der Waals surface area contributed by atoms with Gasteiger partial charge in [0.05, 0.1) is 12.3 Å². The van der Waals surface area contributed by atoms with E-state index in [0.717, 1.165) is 31.6 Å². The molecule has 124 valence electrons. The van der Waals surface area contributed by atoms with Gasteiger partial charge < -0.3 is 14.5 Å². The van der Waals surface area contributed by atoms with E-state index in [1.165, 1.54) is 6.39 Å². The van der Waals surface area contributed by atoms with Crippen molar-refractivity contribution in [3.05, 3.63) is 35.8 Å². The molecule has 0 saturated carbocycles. The van der Waals surface area contributed by atoms with Crippen LogP contribution in [0.5, 0.6) is 0 Å². The first kappa shape index (κ1) is 15.7. The smallest absolute Gasteiger partial charge is 0.273 e. The molecule has 2 aromatic heterocycles. The quantitative estimate of drug-likeness (QED) is 0.913. The number of aromatic nitrogens is 3. The van der Waals surface area contributed by atoms with Crippen LogP contribution in [0.2, 0.25) is 0 Å². The van der Waals surface area contributed by atoms with Crippen LogP contribution in [-0.4, -0.2) is 33.8 Å². The van der Waals surface area contributed by atoms with Crippen molar-refractivity contribution < 1.29 is 13.9 Å². The van der Waals surface area contributed by atoms with Crippen LogP contribution < -0.4 is 5.32 Å². The fraction of sp³-hybridized carbons (Fsp3) is 0.562. The van der Waals surface area contributed by atoms with E-state index in [9.17, 15) is 4.79 Å². The average molecular weight is 318 g/mol. The van der Waals surface area contributed by atoms with E-state index >= 15 is 0 Å². The first-order valence-electron chi connectivity index (χ1n) is 8.01. The average Bonchev–Trinajstić information content (AvgIpc) is 3.21. The van der Waals surface area contributed by atoms with Gasteiger partial charge in [-0.05, 0) is 26.7 Å². The maximum Gasteiger partial charge on any atom is 0.273 e. The molecule has 3 rings (SSSR count). The molecule has 0 aromatic carbocycles. The number of ether oxygens (including phenoxy) is 1. The predicted octanol–water partition coefficient (Wildman–Crippen LogP) is 2.10. The van der Waals surface area contributed by atoms with E-state index in [1.807, 2.05) is 17.1 Å². The van der Waals surface area contributed by atoms with Crippen LogP contribution in [0, 0.1) is 12.8 Å². The highest BCUT2D eigenvalue weighted by Gasteiger charge is 2.29. The maximum atomic E-state index is 12.2. The lowest BCUT2D eigenvalue weighted by Crippen LogP contribution is -2.35. The lowest BCUT2D eigenvalue weighted by atomic mass is 9.91. The van der Waals surface area contributed by atoms with Crippen LogP contribution in [-0.2, 0) is 11.3 Å². The molecule has 0 spiro atoms. The number of carbonyl (C=O) groups excluding carboxylic acids is 1. The fourth-order valence-electron chi connectivity index (χ4n) is 2.95. The predicted molar refractivity (Wildman–Crippen MR) is 82.9 cm³/mol. The van der Waals surface area contributed by atoms with E-state index in [2.05, 4.69) is 22.3 Å². The number of rotatable bonds is 5. The van der Waals surface area contributed by atoms with Crippen LogP contribution in [0.15, 0.2) is 23.2 Å². The minimum absolute atomic E-state index is 0.0252. The minimum Gasteiger partial charge on any atom is -0.448 e. The standard InChI is InChI=1S/C16H22N4O3/c1-3-20-9-13(8-19-20)15-12(5-4-6-22-15)7-17-16(21)14-11(2)23-10-18-14/h8-10,12,15H,3-7H2,1-2H3,(H,17,21)/t12-,15+/m0/s1. The molecule has 23 heavy (non-hydrogen) atoms. The summed E-state index contributed by atoms with van der Waals surface area (Å²) in [6.45, 7) is 5.91. The van der Waals surface area contributed by atoms with Crippen LogP contribution >= 0.6 is 0 Å². The normalized spacial score (nSPS) is 21.3. The van der Waals surface area contributed by atoms with Gasteiger partial charge in [-0.25, -0.2) is 4.98 Å². The number of hydrogen-bond acceptors (Lipinski definition) is 5. The molecular formula is C16H22N4O3. The zero-order valence-electron chi connectivity index (χ0n) is 13.5. The molecule has 3 heterocycles. The van der Waals surface area contributed by atoms with Gasteiger partial charge in [-0.1, -0.05) is 0 Å². The molecule has 7 nitrogen and oxygen atoms in total. The molecular weight excluding hydrogens is 296 g/mol. The van der Waals surface area contributed by atoms with E-state index in [1.54, 1.807) is 6.92 Å². The third-order valence-electron chi connectivity index (χ3n) is 4.24. The Bertz CT molecular complexity index is 664. The maximum absolute atomic E-state index is 12.2. The summed E-state index contributed by atoms with van der Waals surface area (Å²) >= 11 is 0. The second kappa shape index (κ2) is 6.95. The van der Waals surface area contributed by atoms with Crippen molar-refractivity contribution in [3.8, 4) is 0 Å². The largest absolute Gasteiger partial charge is 0.448 e. The monoisotopic (exact) mass is 318 g/mol. The van der Waals surface area contributed by atoms with Gasteiger partial charge in [0.15, 0.2) is 12.1 Å². The lowest BCUT2D eigenvalue weighted by molar-refractivity contribution is -0.0273. The van der Waals surface area contributed by atoms with Crippen LogP contribution in [0.3, 0.4) is 0 Å². The van der Waals surface area contributed by atoms with E-state index in [4.69, 9.17) is 9.15 Å². The Morgan fingerprint density at radius 1 is 1.52 bits per heavy atom. The minimum atomic E-state index is -0.204. The number of hydrogen-bond donors (Lipinski definition) is 1. The van der Waals surface area contributed by atoms with Crippen LogP contribution in [0.25, 0.3) is 0 Å². The molecule has 2 aromatic rings. The molecule has 1 amide bonds. The highest BCUT2D eigenvalue weighted by molar-refractivity contribution is 5.93. The van der Waals surface area contributed by atoms with Gasteiger partial charge in [0, 0.05) is 37.4 Å². The van der Waals surface area contributed by atoms with Crippen LogP contribution in [0.4, 0.5) is 0 Å². The number of nitrogens with one attached hydrogen (secondary N) is 1. The van der Waals surface area contributed by atoms with Crippen molar-refractivity contribution in [1.29, 1.82) is 0 Å². The number of aryl methyl sites for hydroxylation is 2. The van der Waals surface area contributed by atoms with Gasteiger partial charge in [0.25, 0.3) is 5.91 Å². The summed E-state index contributed by atoms with van der Waals surface area (Å²) in [5, 5.41) is 7.27. The topological polar surface area (TPSA) is 82.2 Å². The Labute approximate surface area is 135 Å². The van der Waals surface area contributed by atoms with Gasteiger partial charge >= 0.3 is 0 Å². The zero-order valence-corrected chi connectivity index (χ0v) is 13.5. The van der Waals surface area contributed by atoms with Crippen molar-refractivity contribution in [1.82, 2.24) is 20.1 Å². The summed E-state index contributed by atoms with van der Waals surface area (Å²) < 4.78 is 12.9. The van der Waals surface area contributed by atoms with Gasteiger partial charge in [0.1, 0.15) is 5.76 Å². The molecule has 0 unspecified atom stereocenters. The first-order chi connectivity index (χ1) is 11.2. The number of carbonyl (C=O) groups is 1. The van der Waals surface area contributed by atoms with E-state index in [0.29, 0.717) is 18.0 Å². The second-order valence-corrected chi connectivity index (χ2v) is 5.79. The number of amides is 1. The molecule has 0 radical (unpaired) electrons. The third kappa shape index (κ3) is 3.44. The fourth-order valence-corrected chi connectivity index (χ4v) is 2.95. The molecule has 1 aliphatic heterocycles. The molecule has 7 heteroatoms. The lowest BCUT2D eigenvalue weighted by Gasteiger charge is -2.31. The summed E-state index contributed by atoms with van der Waals surface area (Å²) in [6.07, 6.45) is 7.16. The molecule has 1 aliphatic rings. The Hall–Kier alpha value is -2.15. The van der Waals surface area contributed by atoms with Gasteiger partial charge in [0.2, 0.25) is 0 Å². The highest BCUT2D eigenvalue weighted by atomic mass is 16.5. The third-order valence-corrected chi connectivity index (χ3v) is 4.24. The second-order valence-electron chi connectivity index (χ2n) is 5.79. The van der Waals surface area contributed by atoms with Crippen LogP contribution in [0.1, 0.15) is 47.7 Å². The molecule has 1 fully saturated rings. The van der Waals surface area contributed by atoms with Gasteiger partial charge in [-0.15, -0.1) is 0 Å². The van der Waals surface area contributed by atoms with Crippen molar-refractivity contribution in [2.24, 2.45) is 5.92 Å². The summed E-state index contributed by atoms with van der Waals surface area (Å²) in [5.41, 5.74) is 1.42. The Morgan fingerprint density at radius 2 is 2.39 bits per heavy atom. The number of nitrogens with zero attached hydrogens (tertiary/aromatic N) is 3. The molecule has 0 bridgehead atoms. The Balaban J connectivity index is 1.65. The van der Waals surface area contributed by atoms with E-state index < -0.39 is 0 Å². The zero-order chi connectivity index (χ0) is 16.2. The SMILES string of the molecule is CCn1cc([C@@H]2OCCC[C@H]2CNC(=O)c2ncoc2C)cn1. The van der Waals surface area contributed by atoms with Crippen molar-refractivity contribution >= 4 is 5.91 Å². The molecule has 2 atom stereocenters. The summed E-state index contributed by atoms with van der Waals surface area (Å²) in [6, 6.07) is 0. The molecule has 0 aliphatic carbocycles. The summed E-state index contributed by atoms with van der Waals surface area (Å²) in [7, 11) is 0. The van der Waals surface area contributed by atoms with E-state index in [-0.39, 0.29) is 17.9 Å². The Morgan fingerprint density at radius 3 is 3.09 bits per heavy atom. The highest BCUT2D eigenvalue weighted by Crippen LogP contribution is 2.33. The van der Waals surface area contributed by atoms with Crippen molar-refractivity contribution in [2.75, 3.05) is 13.2 Å². The summed E-state index contributed by atoms with van der Waals surface area (Å²) in [4.78, 5) is 16.1. The summed E-state index contributed by atoms with van der Waals surface area (Å²) in [5.74, 6) is 0.558. The van der Waals surface area contributed by atoms with Crippen molar-refractivity contribution in [3.63, 3.8) is 0 Å². The van der Waals surface area contributed by atoms with Crippen molar-refractivity contribution in [2.45, 2.75) is 39.3 Å². The Kier molecular flexibility index (Phi) is 4.76. The molecule has 1 N–H and O–H groups in total. The first-order valence-corrected chi connectivity index (χ1v) is 8.01. The van der Waals surface area contributed by atoms with Gasteiger partial charge in [-0.3, -0.25) is 9.48 Å². The van der Waals surface area contributed by atoms with Gasteiger partial charge in [-0.2, -0.15) is 5.10 Å². The molecule has 1 saturated heterocycles. The number of oxazole rings is 1.